The molecule has 0 bridgehead atoms. The number of aryl methyl sites for hydroxylation is 1. The molecule has 2 heterocycles. The van der Waals surface area contributed by atoms with Gasteiger partial charge in [0.15, 0.2) is 0 Å². The van der Waals surface area contributed by atoms with Crippen LogP contribution in [0.25, 0.3) is 0 Å². The molecule has 4 nitrogen and oxygen atoms in total. The van der Waals surface area contributed by atoms with E-state index in [2.05, 4.69) is 16.9 Å². The fourth-order valence-electron chi connectivity index (χ4n) is 1.85. The number of hydrogen-bond acceptors (Lipinski definition) is 2. The summed E-state index contributed by atoms with van der Waals surface area (Å²) >= 11 is 0. The van der Waals surface area contributed by atoms with Crippen LogP contribution in [0.3, 0.4) is 0 Å². The molecule has 0 unspecified atom stereocenters. The molecular formula is C11H17N3O. The number of likely N-dealkylation sites (N-methyl/N-ethyl adjacent to an activating group) is 1. The van der Waals surface area contributed by atoms with Gasteiger partial charge in [0.05, 0.1) is 0 Å². The van der Waals surface area contributed by atoms with Crippen LogP contribution < -0.4 is 0 Å². The fourth-order valence-corrected chi connectivity index (χ4v) is 1.85. The van der Waals surface area contributed by atoms with E-state index in [9.17, 15) is 4.79 Å². The molecular weight excluding hydrogens is 190 g/mol. The van der Waals surface area contributed by atoms with E-state index in [0.717, 1.165) is 37.4 Å². The quantitative estimate of drug-likeness (QED) is 0.736. The average Bonchev–Trinajstić information content (AvgIpc) is 2.65. The first-order valence-corrected chi connectivity index (χ1v) is 5.30. The number of amides is 1. The highest BCUT2D eigenvalue weighted by Gasteiger charge is 2.21. The number of rotatable bonds is 1. The molecule has 1 aromatic heterocycles. The highest BCUT2D eigenvalue weighted by atomic mass is 16.2. The van der Waals surface area contributed by atoms with Crippen molar-refractivity contribution in [2.75, 3.05) is 33.2 Å². The second-order valence-corrected chi connectivity index (χ2v) is 4.13. The number of nitrogens with one attached hydrogen (secondary N) is 1. The van der Waals surface area contributed by atoms with E-state index >= 15 is 0 Å². The van der Waals surface area contributed by atoms with Gasteiger partial charge < -0.3 is 14.8 Å². The summed E-state index contributed by atoms with van der Waals surface area (Å²) in [5.74, 6) is 0.130. The van der Waals surface area contributed by atoms with E-state index in [-0.39, 0.29) is 5.91 Å². The molecule has 1 aliphatic rings. The fraction of sp³-hybridized carbons (Fsp3) is 0.545. The molecule has 0 spiro atoms. The SMILES string of the molecule is Cc1cc[nH]c1C(=O)N1CCN(C)CC1. The van der Waals surface area contributed by atoms with Gasteiger partial charge in [-0.3, -0.25) is 4.79 Å². The summed E-state index contributed by atoms with van der Waals surface area (Å²) in [5.41, 5.74) is 1.76. The predicted molar refractivity (Wildman–Crippen MR) is 58.9 cm³/mol. The zero-order valence-electron chi connectivity index (χ0n) is 9.29. The highest BCUT2D eigenvalue weighted by Crippen LogP contribution is 2.10. The van der Waals surface area contributed by atoms with Crippen LogP contribution in [0.1, 0.15) is 16.1 Å². The standard InChI is InChI=1S/C11H17N3O/c1-9-3-4-12-10(9)11(15)14-7-5-13(2)6-8-14/h3-4,12H,5-8H2,1-2H3. The van der Waals surface area contributed by atoms with Crippen molar-refractivity contribution in [3.05, 3.63) is 23.5 Å². The summed E-state index contributed by atoms with van der Waals surface area (Å²) in [6, 6.07) is 1.93. The maximum Gasteiger partial charge on any atom is 0.270 e. The van der Waals surface area contributed by atoms with E-state index in [0.29, 0.717) is 0 Å². The molecule has 0 aliphatic carbocycles. The molecule has 1 aliphatic heterocycles. The van der Waals surface area contributed by atoms with Gasteiger partial charge in [-0.2, -0.15) is 0 Å². The Bertz CT molecular complexity index is 350. The number of carbonyl (C=O) groups excluding carboxylic acids is 1. The van der Waals surface area contributed by atoms with Gasteiger partial charge >= 0.3 is 0 Å². The molecule has 0 saturated carbocycles. The van der Waals surface area contributed by atoms with Crippen molar-refractivity contribution in [3.8, 4) is 0 Å². The van der Waals surface area contributed by atoms with Gasteiger partial charge in [0.2, 0.25) is 0 Å². The lowest BCUT2D eigenvalue weighted by Gasteiger charge is -2.32. The Balaban J connectivity index is 2.06. The maximum absolute atomic E-state index is 12.1. The van der Waals surface area contributed by atoms with Gasteiger partial charge in [0.1, 0.15) is 5.69 Å². The van der Waals surface area contributed by atoms with Gasteiger partial charge in [-0.1, -0.05) is 0 Å². The first-order valence-electron chi connectivity index (χ1n) is 5.30. The summed E-state index contributed by atoms with van der Waals surface area (Å²) < 4.78 is 0. The lowest BCUT2D eigenvalue weighted by molar-refractivity contribution is 0.0658. The van der Waals surface area contributed by atoms with Crippen molar-refractivity contribution in [3.63, 3.8) is 0 Å². The monoisotopic (exact) mass is 207 g/mol. The molecule has 1 fully saturated rings. The summed E-state index contributed by atoms with van der Waals surface area (Å²) in [6.07, 6.45) is 1.82. The number of H-pyrrole nitrogens is 1. The highest BCUT2D eigenvalue weighted by molar-refractivity contribution is 5.93. The third kappa shape index (κ3) is 2.04. The molecule has 82 valence electrons. The van der Waals surface area contributed by atoms with Crippen LogP contribution in [-0.4, -0.2) is 53.9 Å². The van der Waals surface area contributed by atoms with Crippen molar-refractivity contribution in [1.29, 1.82) is 0 Å². The summed E-state index contributed by atoms with van der Waals surface area (Å²) in [6.45, 7) is 5.54. The summed E-state index contributed by atoms with van der Waals surface area (Å²) in [5, 5.41) is 0. The van der Waals surface area contributed by atoms with Crippen molar-refractivity contribution in [2.24, 2.45) is 0 Å². The molecule has 4 heteroatoms. The molecule has 0 atom stereocenters. The molecule has 1 amide bonds. The summed E-state index contributed by atoms with van der Waals surface area (Å²) in [4.78, 5) is 19.2. The number of aromatic amines is 1. The smallest absolute Gasteiger partial charge is 0.270 e. The predicted octanol–water partition coefficient (Wildman–Crippen LogP) is 0.711. The van der Waals surface area contributed by atoms with Gasteiger partial charge in [0, 0.05) is 32.4 Å². The Hall–Kier alpha value is -1.29. The third-order valence-electron chi connectivity index (χ3n) is 2.96. The Kier molecular flexibility index (Phi) is 2.77. The zero-order chi connectivity index (χ0) is 10.8. The van der Waals surface area contributed by atoms with Crippen LogP contribution >= 0.6 is 0 Å². The van der Waals surface area contributed by atoms with Gasteiger partial charge in [-0.05, 0) is 25.6 Å². The van der Waals surface area contributed by atoms with E-state index < -0.39 is 0 Å². The number of piperazine rings is 1. The van der Waals surface area contributed by atoms with Gasteiger partial charge in [-0.15, -0.1) is 0 Å². The Morgan fingerprint density at radius 3 is 2.53 bits per heavy atom. The Morgan fingerprint density at radius 2 is 2.00 bits per heavy atom. The second kappa shape index (κ2) is 4.06. The summed E-state index contributed by atoms with van der Waals surface area (Å²) in [7, 11) is 2.09. The zero-order valence-corrected chi connectivity index (χ0v) is 9.29. The molecule has 1 aromatic rings. The van der Waals surface area contributed by atoms with Crippen molar-refractivity contribution in [1.82, 2.24) is 14.8 Å². The second-order valence-electron chi connectivity index (χ2n) is 4.13. The molecule has 15 heavy (non-hydrogen) atoms. The maximum atomic E-state index is 12.1. The van der Waals surface area contributed by atoms with Crippen molar-refractivity contribution < 1.29 is 4.79 Å². The normalized spacial score (nSPS) is 18.1. The minimum Gasteiger partial charge on any atom is -0.357 e. The molecule has 0 aromatic carbocycles. The topological polar surface area (TPSA) is 39.3 Å². The lowest BCUT2D eigenvalue weighted by Crippen LogP contribution is -2.47. The molecule has 2 rings (SSSR count). The minimum atomic E-state index is 0.130. The van der Waals surface area contributed by atoms with Crippen LogP contribution in [0, 0.1) is 6.92 Å². The van der Waals surface area contributed by atoms with E-state index in [1.807, 2.05) is 24.1 Å². The van der Waals surface area contributed by atoms with Gasteiger partial charge in [-0.25, -0.2) is 0 Å². The van der Waals surface area contributed by atoms with Crippen molar-refractivity contribution in [2.45, 2.75) is 6.92 Å². The largest absolute Gasteiger partial charge is 0.357 e. The first kappa shape index (κ1) is 10.2. The van der Waals surface area contributed by atoms with Crippen LogP contribution in [0.5, 0.6) is 0 Å². The van der Waals surface area contributed by atoms with Crippen LogP contribution in [-0.2, 0) is 0 Å². The Morgan fingerprint density at radius 1 is 1.33 bits per heavy atom. The number of aromatic nitrogens is 1. The molecule has 1 saturated heterocycles. The third-order valence-corrected chi connectivity index (χ3v) is 2.96. The number of nitrogens with zero attached hydrogens (tertiary/aromatic N) is 2. The first-order chi connectivity index (χ1) is 7.18. The lowest BCUT2D eigenvalue weighted by atomic mass is 10.2. The molecule has 1 N–H and O–H groups in total. The number of carbonyl (C=O) groups is 1. The van der Waals surface area contributed by atoms with Crippen LogP contribution in [0.15, 0.2) is 12.3 Å². The number of hydrogen-bond donors (Lipinski definition) is 1. The minimum absolute atomic E-state index is 0.130. The van der Waals surface area contributed by atoms with Crippen LogP contribution in [0.4, 0.5) is 0 Å². The van der Waals surface area contributed by atoms with Crippen molar-refractivity contribution >= 4 is 5.91 Å². The van der Waals surface area contributed by atoms with E-state index in [1.165, 1.54) is 0 Å². The Labute approximate surface area is 89.9 Å². The van der Waals surface area contributed by atoms with Crippen LogP contribution in [0.2, 0.25) is 0 Å². The van der Waals surface area contributed by atoms with Gasteiger partial charge in [0.25, 0.3) is 5.91 Å². The molecule has 0 radical (unpaired) electrons. The van der Waals surface area contributed by atoms with E-state index in [1.54, 1.807) is 0 Å². The average molecular weight is 207 g/mol. The van der Waals surface area contributed by atoms with E-state index in [4.69, 9.17) is 0 Å².